The van der Waals surface area contributed by atoms with Crippen molar-refractivity contribution in [2.24, 2.45) is 4.99 Å². The van der Waals surface area contributed by atoms with Crippen LogP contribution in [0, 0.1) is 10.1 Å². The van der Waals surface area contributed by atoms with Crippen molar-refractivity contribution in [3.05, 3.63) is 80.2 Å². The van der Waals surface area contributed by atoms with E-state index < -0.39 is 4.92 Å². The first-order chi connectivity index (χ1) is 12.9. The van der Waals surface area contributed by atoms with Crippen molar-refractivity contribution in [3.8, 4) is 5.75 Å². The van der Waals surface area contributed by atoms with Crippen molar-refractivity contribution in [3.63, 3.8) is 0 Å². The number of halogens is 1. The predicted molar refractivity (Wildman–Crippen MR) is 106 cm³/mol. The molecule has 0 unspecified atom stereocenters. The molecule has 9 heteroatoms. The molecule has 1 aliphatic heterocycles. The van der Waals surface area contributed by atoms with Crippen LogP contribution in [0.2, 0.25) is 0 Å². The van der Waals surface area contributed by atoms with Crippen LogP contribution in [-0.4, -0.2) is 21.1 Å². The van der Waals surface area contributed by atoms with Crippen LogP contribution in [0.4, 0.5) is 16.2 Å². The second-order valence-corrected chi connectivity index (χ2v) is 6.83. The first-order valence-corrected chi connectivity index (χ1v) is 8.80. The maximum atomic E-state index is 11.7. The molecule has 3 rings (SSSR count). The summed E-state index contributed by atoms with van der Waals surface area (Å²) in [5.74, 6) is 0.472. The zero-order valence-electron chi connectivity index (χ0n) is 13.6. The van der Waals surface area contributed by atoms with Gasteiger partial charge in [0.2, 0.25) is 0 Å². The summed E-state index contributed by atoms with van der Waals surface area (Å²) in [5.41, 5.74) is 1.24. The number of allylic oxidation sites excluding steroid dienone is 2. The highest BCUT2D eigenvalue weighted by Crippen LogP contribution is 2.29. The molecule has 1 amide bonds. The van der Waals surface area contributed by atoms with Crippen LogP contribution in [0.1, 0.15) is 5.56 Å². The highest BCUT2D eigenvalue weighted by molar-refractivity contribution is 8.18. The second-order valence-electron chi connectivity index (χ2n) is 5.38. The van der Waals surface area contributed by atoms with Crippen LogP contribution in [-0.2, 0) is 0 Å². The standard InChI is InChI=1S/C18H12ClN3O4S/c19-12(9-11-1-5-14(6-2-11)22(25)26)10-16-17(21-18(24)27-16)20-13-3-7-15(23)8-4-13/h1-10,23H,(H,20,21,24)/b12-9-,16-10-. The molecule has 2 aromatic rings. The molecule has 1 fully saturated rings. The van der Waals surface area contributed by atoms with E-state index in [1.807, 2.05) is 0 Å². The number of hydrogen-bond donors (Lipinski definition) is 2. The molecule has 0 aliphatic carbocycles. The highest BCUT2D eigenvalue weighted by atomic mass is 35.5. The molecule has 0 atom stereocenters. The number of aliphatic imine (C=N–C) groups is 1. The fraction of sp³-hybridized carbons (Fsp3) is 0. The van der Waals surface area contributed by atoms with E-state index in [1.54, 1.807) is 36.4 Å². The summed E-state index contributed by atoms with van der Waals surface area (Å²) in [6.07, 6.45) is 3.21. The van der Waals surface area contributed by atoms with E-state index in [2.05, 4.69) is 10.3 Å². The lowest BCUT2D eigenvalue weighted by atomic mass is 10.2. The molecular formula is C18H12ClN3O4S. The van der Waals surface area contributed by atoms with Gasteiger partial charge in [0.1, 0.15) is 11.6 Å². The number of carbonyl (C=O) groups excluding carboxylic acids is 1. The number of hydrogen-bond acceptors (Lipinski definition) is 6. The third kappa shape index (κ3) is 4.96. The molecule has 0 saturated carbocycles. The van der Waals surface area contributed by atoms with Gasteiger partial charge in [0.15, 0.2) is 0 Å². The Bertz CT molecular complexity index is 983. The van der Waals surface area contributed by atoms with Crippen molar-refractivity contribution in [1.29, 1.82) is 0 Å². The number of nitro groups is 1. The van der Waals surface area contributed by atoms with E-state index >= 15 is 0 Å². The van der Waals surface area contributed by atoms with Gasteiger partial charge in [0.25, 0.3) is 10.9 Å². The number of thioether (sulfide) groups is 1. The lowest BCUT2D eigenvalue weighted by molar-refractivity contribution is -0.384. The number of amidine groups is 1. The van der Waals surface area contributed by atoms with Crippen molar-refractivity contribution in [2.45, 2.75) is 0 Å². The average molecular weight is 402 g/mol. The van der Waals surface area contributed by atoms with Gasteiger partial charge in [-0.1, -0.05) is 11.6 Å². The molecule has 27 heavy (non-hydrogen) atoms. The van der Waals surface area contributed by atoms with E-state index in [-0.39, 0.29) is 16.7 Å². The van der Waals surface area contributed by atoms with Crippen LogP contribution in [0.5, 0.6) is 5.75 Å². The third-order valence-corrected chi connectivity index (χ3v) is 4.46. The zero-order chi connectivity index (χ0) is 19.4. The van der Waals surface area contributed by atoms with Crippen LogP contribution in [0.15, 0.2) is 69.5 Å². The van der Waals surface area contributed by atoms with Gasteiger partial charge in [0.05, 0.1) is 15.5 Å². The predicted octanol–water partition coefficient (Wildman–Crippen LogP) is 4.95. The molecule has 1 aliphatic rings. The van der Waals surface area contributed by atoms with Crippen molar-refractivity contribution in [2.75, 3.05) is 0 Å². The molecule has 0 spiro atoms. The van der Waals surface area contributed by atoms with Crippen LogP contribution in [0.25, 0.3) is 6.08 Å². The van der Waals surface area contributed by atoms with E-state index in [9.17, 15) is 20.0 Å². The summed E-state index contributed by atoms with van der Waals surface area (Å²) in [6, 6.07) is 12.1. The van der Waals surface area contributed by atoms with Gasteiger partial charge in [-0.25, -0.2) is 4.99 Å². The van der Waals surface area contributed by atoms with Crippen molar-refractivity contribution >= 4 is 51.9 Å². The Morgan fingerprint density at radius 2 is 1.85 bits per heavy atom. The number of phenolic OH excluding ortho intramolecular Hbond substituents is 1. The Labute approximate surface area is 163 Å². The Hall–Kier alpha value is -3.10. The summed E-state index contributed by atoms with van der Waals surface area (Å²) < 4.78 is 0. The first kappa shape index (κ1) is 18.7. The molecule has 1 heterocycles. The molecular weight excluding hydrogens is 390 g/mol. The third-order valence-electron chi connectivity index (χ3n) is 3.42. The molecule has 0 bridgehead atoms. The Balaban J connectivity index is 1.85. The first-order valence-electron chi connectivity index (χ1n) is 7.61. The highest BCUT2D eigenvalue weighted by Gasteiger charge is 2.23. The summed E-state index contributed by atoms with van der Waals surface area (Å²) in [4.78, 5) is 26.8. The summed E-state index contributed by atoms with van der Waals surface area (Å²) in [6.45, 7) is 0. The quantitative estimate of drug-likeness (QED) is 0.557. The van der Waals surface area contributed by atoms with E-state index in [1.165, 1.54) is 24.3 Å². The Morgan fingerprint density at radius 1 is 1.19 bits per heavy atom. The zero-order valence-corrected chi connectivity index (χ0v) is 15.2. The number of rotatable bonds is 4. The maximum absolute atomic E-state index is 11.7. The average Bonchev–Trinajstić information content (AvgIpc) is 2.96. The summed E-state index contributed by atoms with van der Waals surface area (Å²) in [7, 11) is 0. The second kappa shape index (κ2) is 8.07. The minimum absolute atomic E-state index is 0.00825. The number of carbonyl (C=O) groups is 1. The van der Waals surface area contributed by atoms with Gasteiger partial charge in [-0.2, -0.15) is 0 Å². The number of phenols is 1. The number of aromatic hydroxyl groups is 1. The smallest absolute Gasteiger partial charge is 0.289 e. The Kier molecular flexibility index (Phi) is 5.58. The monoisotopic (exact) mass is 401 g/mol. The number of nitro benzene ring substituents is 1. The fourth-order valence-electron chi connectivity index (χ4n) is 2.19. The molecule has 2 N–H and O–H groups in total. The lowest BCUT2D eigenvalue weighted by Crippen LogP contribution is -2.18. The number of nitrogens with zero attached hydrogens (tertiary/aromatic N) is 2. The topological polar surface area (TPSA) is 105 Å². The summed E-state index contributed by atoms with van der Waals surface area (Å²) >= 11 is 7.20. The van der Waals surface area contributed by atoms with Gasteiger partial charge in [-0.15, -0.1) is 0 Å². The fourth-order valence-corrected chi connectivity index (χ4v) is 3.21. The van der Waals surface area contributed by atoms with Gasteiger partial charge < -0.3 is 10.4 Å². The lowest BCUT2D eigenvalue weighted by Gasteiger charge is -2.00. The van der Waals surface area contributed by atoms with Gasteiger partial charge >= 0.3 is 0 Å². The van der Waals surface area contributed by atoms with Crippen LogP contribution >= 0.6 is 23.4 Å². The number of non-ortho nitro benzene ring substituents is 1. The van der Waals surface area contributed by atoms with Crippen LogP contribution < -0.4 is 5.32 Å². The van der Waals surface area contributed by atoms with Gasteiger partial charge in [-0.05, 0) is 65.9 Å². The number of amides is 1. The largest absolute Gasteiger partial charge is 0.508 e. The van der Waals surface area contributed by atoms with E-state index in [4.69, 9.17) is 11.6 Å². The molecule has 7 nitrogen and oxygen atoms in total. The summed E-state index contributed by atoms with van der Waals surface area (Å²) in [5, 5.41) is 22.7. The van der Waals surface area contributed by atoms with E-state index in [0.29, 0.717) is 27.0 Å². The molecule has 0 radical (unpaired) electrons. The minimum Gasteiger partial charge on any atom is -0.508 e. The SMILES string of the molecule is O=C1NC(=Nc2ccc(O)cc2)/C(=C/C(Cl)=C/c2ccc([N+](=O)[O-])cc2)S1. The maximum Gasteiger partial charge on any atom is 0.289 e. The molecule has 0 aromatic heterocycles. The van der Waals surface area contributed by atoms with Crippen LogP contribution in [0.3, 0.4) is 0 Å². The normalized spacial score (nSPS) is 17.4. The van der Waals surface area contributed by atoms with E-state index in [0.717, 1.165) is 11.8 Å². The number of benzene rings is 2. The number of nitrogens with one attached hydrogen (secondary N) is 1. The minimum atomic E-state index is -0.477. The van der Waals surface area contributed by atoms with Gasteiger partial charge in [-0.3, -0.25) is 14.9 Å². The molecule has 2 aromatic carbocycles. The van der Waals surface area contributed by atoms with Gasteiger partial charge in [0, 0.05) is 17.2 Å². The molecule has 1 saturated heterocycles. The van der Waals surface area contributed by atoms with Crippen molar-refractivity contribution in [1.82, 2.24) is 5.32 Å². The molecule has 136 valence electrons. The Morgan fingerprint density at radius 3 is 2.48 bits per heavy atom. The van der Waals surface area contributed by atoms with Crippen molar-refractivity contribution < 1.29 is 14.8 Å².